The van der Waals surface area contributed by atoms with Crippen molar-refractivity contribution in [1.29, 1.82) is 0 Å². The fourth-order valence-corrected chi connectivity index (χ4v) is 2.69. The van der Waals surface area contributed by atoms with Crippen LogP contribution in [0.4, 0.5) is 0 Å². The Balaban J connectivity index is 1.78. The summed E-state index contributed by atoms with van der Waals surface area (Å²) in [7, 11) is 1.75. The second-order valence-electron chi connectivity index (χ2n) is 5.56. The van der Waals surface area contributed by atoms with E-state index in [-0.39, 0.29) is 23.6 Å². The summed E-state index contributed by atoms with van der Waals surface area (Å²) in [6.07, 6.45) is 0.148. The van der Waals surface area contributed by atoms with Crippen LogP contribution in [-0.4, -0.2) is 23.0 Å². The minimum absolute atomic E-state index is 0.0776. The summed E-state index contributed by atoms with van der Waals surface area (Å²) in [6, 6.07) is 9.55. The number of likely N-dealkylation sites (N-methyl/N-ethyl adjacent to an activating group) is 1. The number of hydrogen-bond donors (Lipinski definition) is 0. The minimum Gasteiger partial charge on any atom is -0.459 e. The van der Waals surface area contributed by atoms with Gasteiger partial charge >= 0.3 is 0 Å². The molecule has 0 aliphatic carbocycles. The maximum absolute atomic E-state index is 12.5. The largest absolute Gasteiger partial charge is 0.459 e. The Hall–Kier alpha value is -2.27. The number of rotatable bonds is 4. The predicted molar refractivity (Wildman–Crippen MR) is 87.4 cm³/mol. The van der Waals surface area contributed by atoms with Crippen LogP contribution in [-0.2, 0) is 11.2 Å². The highest BCUT2D eigenvalue weighted by atomic mass is 35.5. The van der Waals surface area contributed by atoms with Crippen molar-refractivity contribution in [2.24, 2.45) is 0 Å². The zero-order valence-corrected chi connectivity index (χ0v) is 13.9. The van der Waals surface area contributed by atoms with E-state index in [0.29, 0.717) is 11.3 Å². The Morgan fingerprint density at radius 3 is 2.78 bits per heavy atom. The molecule has 3 rings (SSSR count). The monoisotopic (exact) mass is 332 g/mol. The maximum atomic E-state index is 12.5. The lowest BCUT2D eigenvalue weighted by Gasteiger charge is -2.23. The number of para-hydroxylation sites is 1. The second kappa shape index (κ2) is 6.08. The van der Waals surface area contributed by atoms with Crippen LogP contribution in [0.25, 0.3) is 11.0 Å². The molecule has 1 atom stereocenters. The summed E-state index contributed by atoms with van der Waals surface area (Å²) >= 11 is 5.93. The van der Waals surface area contributed by atoms with Crippen LogP contribution in [0.15, 0.2) is 39.3 Å². The predicted octanol–water partition coefficient (Wildman–Crippen LogP) is 4.14. The van der Waals surface area contributed by atoms with Gasteiger partial charge in [-0.25, -0.2) is 0 Å². The molecule has 0 saturated heterocycles. The van der Waals surface area contributed by atoms with Gasteiger partial charge in [0.25, 0.3) is 0 Å². The number of carbonyl (C=O) groups excluding carboxylic acids is 1. The average Bonchev–Trinajstić information content (AvgIpc) is 3.11. The van der Waals surface area contributed by atoms with Crippen molar-refractivity contribution in [2.45, 2.75) is 26.3 Å². The fraction of sp³-hybridized carbons (Fsp3) is 0.294. The number of aryl methyl sites for hydroxylation is 1. The number of fused-ring (bicyclic) bond motifs is 1. The fourth-order valence-electron chi connectivity index (χ4n) is 2.45. The number of furan rings is 1. The van der Waals surface area contributed by atoms with Crippen molar-refractivity contribution < 1.29 is 13.7 Å². The molecule has 0 saturated carbocycles. The molecule has 6 heteroatoms. The first-order chi connectivity index (χ1) is 11.0. The molecule has 0 unspecified atom stereocenters. The molecule has 0 spiro atoms. The van der Waals surface area contributed by atoms with Gasteiger partial charge in [0.05, 0.1) is 18.2 Å². The molecule has 2 heterocycles. The van der Waals surface area contributed by atoms with Crippen LogP contribution < -0.4 is 0 Å². The Kier molecular flexibility index (Phi) is 4.13. The van der Waals surface area contributed by atoms with Crippen molar-refractivity contribution in [3.63, 3.8) is 0 Å². The molecule has 1 amide bonds. The molecule has 0 N–H and O–H groups in total. The maximum Gasteiger partial charge on any atom is 0.229 e. The number of benzene rings is 1. The molecule has 5 nitrogen and oxygen atoms in total. The third-order valence-electron chi connectivity index (χ3n) is 4.10. The zero-order valence-electron chi connectivity index (χ0n) is 13.2. The minimum atomic E-state index is -0.186. The Bertz CT molecular complexity index is 800. The van der Waals surface area contributed by atoms with Gasteiger partial charge in [-0.1, -0.05) is 23.4 Å². The second-order valence-corrected chi connectivity index (χ2v) is 5.91. The van der Waals surface area contributed by atoms with E-state index in [9.17, 15) is 4.79 Å². The van der Waals surface area contributed by atoms with E-state index in [2.05, 4.69) is 5.16 Å². The standard InChI is InChI=1S/C17H17ClN2O3/c1-10-13(17(18)23-19-10)9-16(21)20(3)11(2)15-8-12-6-4-5-7-14(12)22-15/h4-8,11H,9H2,1-3H3/t11-/m1/s1. The van der Waals surface area contributed by atoms with E-state index >= 15 is 0 Å². The molecule has 23 heavy (non-hydrogen) atoms. The van der Waals surface area contributed by atoms with Gasteiger partial charge in [0.1, 0.15) is 11.3 Å². The van der Waals surface area contributed by atoms with E-state index < -0.39 is 0 Å². The molecule has 0 aliphatic heterocycles. The Morgan fingerprint density at radius 1 is 1.39 bits per heavy atom. The van der Waals surface area contributed by atoms with Crippen LogP contribution in [0, 0.1) is 6.92 Å². The van der Waals surface area contributed by atoms with Crippen molar-refractivity contribution in [1.82, 2.24) is 10.1 Å². The summed E-state index contributed by atoms with van der Waals surface area (Å²) < 4.78 is 10.7. The van der Waals surface area contributed by atoms with Crippen LogP contribution >= 0.6 is 11.6 Å². The van der Waals surface area contributed by atoms with Crippen LogP contribution in [0.5, 0.6) is 0 Å². The Morgan fingerprint density at radius 2 is 2.13 bits per heavy atom. The van der Waals surface area contributed by atoms with E-state index in [1.54, 1.807) is 18.9 Å². The lowest BCUT2D eigenvalue weighted by atomic mass is 10.1. The Labute approximate surface area is 138 Å². The molecular formula is C17H17ClN2O3. The van der Waals surface area contributed by atoms with Gasteiger partial charge in [0.15, 0.2) is 0 Å². The van der Waals surface area contributed by atoms with E-state index in [0.717, 1.165) is 16.7 Å². The molecule has 3 aromatic rings. The first-order valence-electron chi connectivity index (χ1n) is 7.32. The smallest absolute Gasteiger partial charge is 0.229 e. The van der Waals surface area contributed by atoms with Crippen LogP contribution in [0.3, 0.4) is 0 Å². The van der Waals surface area contributed by atoms with Crippen molar-refractivity contribution >= 4 is 28.5 Å². The third-order valence-corrected chi connectivity index (χ3v) is 4.39. The molecule has 0 radical (unpaired) electrons. The number of amides is 1. The first-order valence-corrected chi connectivity index (χ1v) is 7.70. The molecule has 0 aliphatic rings. The summed E-state index contributed by atoms with van der Waals surface area (Å²) in [6.45, 7) is 3.69. The van der Waals surface area contributed by atoms with E-state index in [4.69, 9.17) is 20.5 Å². The molecule has 1 aromatic carbocycles. The first kappa shape index (κ1) is 15.6. The topological polar surface area (TPSA) is 59.5 Å². The number of carbonyl (C=O) groups is 1. The molecule has 0 bridgehead atoms. The number of nitrogens with zero attached hydrogens (tertiary/aromatic N) is 2. The molecule has 120 valence electrons. The zero-order chi connectivity index (χ0) is 16.6. The molecular weight excluding hydrogens is 316 g/mol. The number of halogens is 1. The highest BCUT2D eigenvalue weighted by Gasteiger charge is 2.23. The lowest BCUT2D eigenvalue weighted by molar-refractivity contribution is -0.131. The van der Waals surface area contributed by atoms with Crippen molar-refractivity contribution in [3.8, 4) is 0 Å². The highest BCUT2D eigenvalue weighted by molar-refractivity contribution is 6.29. The van der Waals surface area contributed by atoms with Gasteiger partial charge < -0.3 is 13.8 Å². The number of hydrogen-bond acceptors (Lipinski definition) is 4. The average molecular weight is 333 g/mol. The number of aromatic nitrogens is 1. The molecule has 0 fully saturated rings. The van der Waals surface area contributed by atoms with Gasteiger partial charge in [0.2, 0.25) is 11.1 Å². The highest BCUT2D eigenvalue weighted by Crippen LogP contribution is 2.28. The summed E-state index contributed by atoms with van der Waals surface area (Å²) in [4.78, 5) is 14.1. The van der Waals surface area contributed by atoms with Gasteiger partial charge in [-0.2, -0.15) is 0 Å². The van der Waals surface area contributed by atoms with Gasteiger partial charge in [0, 0.05) is 18.0 Å². The van der Waals surface area contributed by atoms with Crippen molar-refractivity contribution in [2.75, 3.05) is 7.05 Å². The third kappa shape index (κ3) is 2.97. The summed E-state index contributed by atoms with van der Waals surface area (Å²) in [5.74, 6) is 0.668. The van der Waals surface area contributed by atoms with Gasteiger partial charge in [-0.05, 0) is 37.6 Å². The van der Waals surface area contributed by atoms with Gasteiger partial charge in [-0.3, -0.25) is 4.79 Å². The summed E-state index contributed by atoms with van der Waals surface area (Å²) in [5, 5.41) is 4.95. The van der Waals surface area contributed by atoms with E-state index in [1.807, 2.05) is 37.3 Å². The van der Waals surface area contributed by atoms with Crippen LogP contribution in [0.2, 0.25) is 5.22 Å². The molecule has 2 aromatic heterocycles. The normalized spacial score (nSPS) is 12.5. The lowest BCUT2D eigenvalue weighted by Crippen LogP contribution is -2.30. The van der Waals surface area contributed by atoms with E-state index in [1.165, 1.54) is 0 Å². The SMILES string of the molecule is Cc1noc(Cl)c1CC(=O)N(C)[C@H](C)c1cc2ccccc2o1. The van der Waals surface area contributed by atoms with Gasteiger partial charge in [-0.15, -0.1) is 0 Å². The summed E-state index contributed by atoms with van der Waals surface area (Å²) in [5.41, 5.74) is 2.07. The van der Waals surface area contributed by atoms with Crippen LogP contribution in [0.1, 0.15) is 30.0 Å². The van der Waals surface area contributed by atoms with Crippen molar-refractivity contribution in [3.05, 3.63) is 52.6 Å². The quantitative estimate of drug-likeness (QED) is 0.720.